The Morgan fingerprint density at radius 2 is 2.00 bits per heavy atom. The van der Waals surface area contributed by atoms with E-state index in [0.29, 0.717) is 21.7 Å². The van der Waals surface area contributed by atoms with E-state index in [2.05, 4.69) is 11.0 Å². The molecule has 0 spiro atoms. The van der Waals surface area contributed by atoms with E-state index in [-0.39, 0.29) is 5.82 Å². The lowest BCUT2D eigenvalue weighted by Gasteiger charge is -2.20. The lowest BCUT2D eigenvalue weighted by Crippen LogP contribution is -2.19. The molecular weight excluding hydrogens is 323 g/mol. The van der Waals surface area contributed by atoms with Crippen molar-refractivity contribution in [2.45, 2.75) is 19.8 Å². The summed E-state index contributed by atoms with van der Waals surface area (Å²) in [6.45, 7) is 3.93. The molecule has 2 aromatic carbocycles. The fraction of sp³-hybridized carbons (Fsp3) is 0.250. The Balaban J connectivity index is 1.99. The molecule has 3 rings (SSSR count). The van der Waals surface area contributed by atoms with Crippen molar-refractivity contribution >= 4 is 28.9 Å². The minimum absolute atomic E-state index is 0.308. The summed E-state index contributed by atoms with van der Waals surface area (Å²) in [6.07, 6.45) is 3.88. The highest BCUT2D eigenvalue weighted by atomic mass is 35.5. The third-order valence-electron chi connectivity index (χ3n) is 4.32. The molecule has 0 saturated carbocycles. The van der Waals surface area contributed by atoms with Crippen LogP contribution in [0, 0.1) is 24.1 Å². The Labute approximate surface area is 146 Å². The standard InChI is InChI=1S/C20H18ClFN2/c1-14-9-16(19(22)12-20(14)24-7-2-3-8-24)10-17(13-23)15-5-4-6-18(21)11-15/h4-6,9-12H,2-3,7-8H2,1H3/b17-10+. The van der Waals surface area contributed by atoms with Gasteiger partial charge in [0.1, 0.15) is 5.82 Å². The van der Waals surface area contributed by atoms with Crippen LogP contribution >= 0.6 is 11.6 Å². The van der Waals surface area contributed by atoms with Gasteiger partial charge in [-0.2, -0.15) is 5.26 Å². The van der Waals surface area contributed by atoms with Crippen molar-refractivity contribution in [2.24, 2.45) is 0 Å². The first kappa shape index (κ1) is 16.5. The fourth-order valence-electron chi connectivity index (χ4n) is 3.09. The van der Waals surface area contributed by atoms with Crippen LogP contribution in [0.2, 0.25) is 5.02 Å². The van der Waals surface area contributed by atoms with Gasteiger partial charge >= 0.3 is 0 Å². The summed E-state index contributed by atoms with van der Waals surface area (Å²) in [5.41, 5.74) is 3.47. The Morgan fingerprint density at radius 1 is 1.25 bits per heavy atom. The maximum absolute atomic E-state index is 14.6. The van der Waals surface area contributed by atoms with Gasteiger partial charge in [0, 0.05) is 29.4 Å². The molecule has 0 aromatic heterocycles. The van der Waals surface area contributed by atoms with Crippen molar-refractivity contribution in [2.75, 3.05) is 18.0 Å². The maximum atomic E-state index is 14.6. The molecule has 0 unspecified atom stereocenters. The van der Waals surface area contributed by atoms with Crippen LogP contribution in [0.5, 0.6) is 0 Å². The second-order valence-electron chi connectivity index (χ2n) is 6.03. The van der Waals surface area contributed by atoms with Crippen molar-refractivity contribution in [1.82, 2.24) is 0 Å². The zero-order chi connectivity index (χ0) is 17.1. The molecule has 0 aliphatic carbocycles. The number of hydrogen-bond acceptors (Lipinski definition) is 2. The zero-order valence-corrected chi connectivity index (χ0v) is 14.3. The van der Waals surface area contributed by atoms with Crippen LogP contribution in [0.3, 0.4) is 0 Å². The predicted molar refractivity (Wildman–Crippen MR) is 97.5 cm³/mol. The fourth-order valence-corrected chi connectivity index (χ4v) is 3.28. The molecule has 0 atom stereocenters. The molecule has 2 nitrogen and oxygen atoms in total. The molecule has 1 fully saturated rings. The van der Waals surface area contributed by atoms with Gasteiger partial charge in [-0.3, -0.25) is 0 Å². The lowest BCUT2D eigenvalue weighted by atomic mass is 10.0. The van der Waals surface area contributed by atoms with Crippen LogP contribution in [0.25, 0.3) is 11.6 Å². The summed E-state index contributed by atoms with van der Waals surface area (Å²) in [5.74, 6) is -0.308. The summed E-state index contributed by atoms with van der Waals surface area (Å²) in [7, 11) is 0. The van der Waals surface area contributed by atoms with E-state index in [0.717, 1.165) is 37.2 Å². The van der Waals surface area contributed by atoms with Gasteiger partial charge in [-0.05, 0) is 61.2 Å². The second-order valence-corrected chi connectivity index (χ2v) is 6.47. The van der Waals surface area contributed by atoms with Gasteiger partial charge in [0.25, 0.3) is 0 Å². The minimum atomic E-state index is -0.308. The van der Waals surface area contributed by atoms with Crippen LogP contribution in [-0.4, -0.2) is 13.1 Å². The number of halogens is 2. The van der Waals surface area contributed by atoms with E-state index in [1.165, 1.54) is 0 Å². The van der Waals surface area contributed by atoms with Crippen LogP contribution in [0.1, 0.15) is 29.5 Å². The largest absolute Gasteiger partial charge is 0.371 e. The Kier molecular flexibility index (Phi) is 4.87. The van der Waals surface area contributed by atoms with Crippen molar-refractivity contribution < 1.29 is 4.39 Å². The Morgan fingerprint density at radius 3 is 2.67 bits per heavy atom. The predicted octanol–water partition coefficient (Wildman–Crippen LogP) is 5.45. The van der Waals surface area contributed by atoms with Gasteiger partial charge in [-0.1, -0.05) is 23.7 Å². The van der Waals surface area contributed by atoms with Crippen LogP contribution < -0.4 is 4.90 Å². The van der Waals surface area contributed by atoms with E-state index < -0.39 is 0 Å². The number of allylic oxidation sites excluding steroid dienone is 1. The monoisotopic (exact) mass is 340 g/mol. The lowest BCUT2D eigenvalue weighted by molar-refractivity contribution is 0.624. The minimum Gasteiger partial charge on any atom is -0.371 e. The summed E-state index contributed by atoms with van der Waals surface area (Å²) < 4.78 is 14.6. The number of hydrogen-bond donors (Lipinski definition) is 0. The highest BCUT2D eigenvalue weighted by Gasteiger charge is 2.16. The van der Waals surface area contributed by atoms with Gasteiger partial charge in [0.15, 0.2) is 0 Å². The van der Waals surface area contributed by atoms with Gasteiger partial charge in [-0.25, -0.2) is 4.39 Å². The van der Waals surface area contributed by atoms with Crippen molar-refractivity contribution in [3.63, 3.8) is 0 Å². The van der Waals surface area contributed by atoms with Crippen LogP contribution in [0.4, 0.5) is 10.1 Å². The maximum Gasteiger partial charge on any atom is 0.132 e. The van der Waals surface area contributed by atoms with E-state index >= 15 is 0 Å². The quantitative estimate of drug-likeness (QED) is 0.548. The highest BCUT2D eigenvalue weighted by Crippen LogP contribution is 2.29. The molecule has 0 radical (unpaired) electrons. The molecule has 1 aliphatic heterocycles. The SMILES string of the molecule is Cc1cc(/C=C(\C#N)c2cccc(Cl)c2)c(F)cc1N1CCCC1. The van der Waals surface area contributed by atoms with Gasteiger partial charge in [0.2, 0.25) is 0 Å². The average Bonchev–Trinajstić information content (AvgIpc) is 3.09. The topological polar surface area (TPSA) is 27.0 Å². The van der Waals surface area contributed by atoms with Crippen LogP contribution in [-0.2, 0) is 0 Å². The summed E-state index contributed by atoms with van der Waals surface area (Å²) in [4.78, 5) is 2.22. The number of benzene rings is 2. The molecule has 1 heterocycles. The van der Waals surface area contributed by atoms with E-state index in [4.69, 9.17) is 11.6 Å². The number of aryl methyl sites for hydroxylation is 1. The molecule has 0 N–H and O–H groups in total. The highest BCUT2D eigenvalue weighted by molar-refractivity contribution is 6.30. The van der Waals surface area contributed by atoms with Gasteiger partial charge in [-0.15, -0.1) is 0 Å². The average molecular weight is 341 g/mol. The number of anilines is 1. The Hall–Kier alpha value is -2.31. The van der Waals surface area contributed by atoms with E-state index in [9.17, 15) is 9.65 Å². The molecule has 4 heteroatoms. The van der Waals surface area contributed by atoms with Crippen molar-refractivity contribution in [1.29, 1.82) is 5.26 Å². The number of nitrogens with zero attached hydrogens (tertiary/aromatic N) is 2. The smallest absolute Gasteiger partial charge is 0.132 e. The third kappa shape index (κ3) is 3.44. The van der Waals surface area contributed by atoms with Crippen molar-refractivity contribution in [3.05, 3.63) is 63.9 Å². The van der Waals surface area contributed by atoms with Crippen molar-refractivity contribution in [3.8, 4) is 6.07 Å². The number of rotatable bonds is 3. The van der Waals surface area contributed by atoms with Gasteiger partial charge in [0.05, 0.1) is 11.6 Å². The summed E-state index contributed by atoms with van der Waals surface area (Å²) in [6, 6.07) is 12.6. The molecule has 2 aromatic rings. The molecule has 1 saturated heterocycles. The summed E-state index contributed by atoms with van der Waals surface area (Å²) in [5, 5.41) is 9.98. The molecular formula is C20H18ClFN2. The van der Waals surface area contributed by atoms with Gasteiger partial charge < -0.3 is 4.90 Å². The molecule has 0 amide bonds. The van der Waals surface area contributed by atoms with Crippen LogP contribution in [0.15, 0.2) is 36.4 Å². The Bertz CT molecular complexity index is 830. The summed E-state index contributed by atoms with van der Waals surface area (Å²) >= 11 is 5.98. The first-order valence-corrected chi connectivity index (χ1v) is 8.39. The first-order chi connectivity index (χ1) is 11.6. The molecule has 24 heavy (non-hydrogen) atoms. The molecule has 1 aliphatic rings. The zero-order valence-electron chi connectivity index (χ0n) is 13.5. The van der Waals surface area contributed by atoms with E-state index in [1.54, 1.807) is 36.4 Å². The molecule has 122 valence electrons. The molecule has 0 bridgehead atoms. The second kappa shape index (κ2) is 7.07. The van der Waals surface area contributed by atoms with E-state index in [1.807, 2.05) is 13.0 Å². The number of nitriles is 1. The normalized spacial score (nSPS) is 14.8. The third-order valence-corrected chi connectivity index (χ3v) is 4.55. The first-order valence-electron chi connectivity index (χ1n) is 8.01.